The lowest BCUT2D eigenvalue weighted by molar-refractivity contribution is -0.260. The number of carbonyl (C=O) groups is 1. The highest BCUT2D eigenvalue weighted by atomic mass is 19.4. The maximum absolute atomic E-state index is 14.1. The Labute approximate surface area is 147 Å². The minimum absolute atomic E-state index is 0.0792. The Hall–Kier alpha value is -1.25. The van der Waals surface area contributed by atoms with Crippen LogP contribution in [0.2, 0.25) is 0 Å². The zero-order valence-electron chi connectivity index (χ0n) is 15.8. The molecule has 0 aromatic carbocycles. The molecular formula is C19H28F3NO2. The molecule has 3 nitrogen and oxygen atoms in total. The van der Waals surface area contributed by atoms with E-state index in [1.165, 1.54) is 0 Å². The standard InChI is InChI=1S/C19H28F3NO2/c1-11-12-7-14(13(11)9-17(5,6)10-23)18(8-12,19(20,21)22)15(24)25-16(2,3)4/h11-14H,7-9H2,1-6H3. The monoisotopic (exact) mass is 359 g/mol. The fraction of sp³-hybridized carbons (Fsp3) is 0.895. The van der Waals surface area contributed by atoms with E-state index in [0.29, 0.717) is 12.8 Å². The van der Waals surface area contributed by atoms with Crippen LogP contribution in [0.5, 0.6) is 0 Å². The molecule has 142 valence electrons. The summed E-state index contributed by atoms with van der Waals surface area (Å²) in [4.78, 5) is 12.7. The van der Waals surface area contributed by atoms with Crippen molar-refractivity contribution in [3.8, 4) is 6.07 Å². The first-order valence-corrected chi connectivity index (χ1v) is 8.86. The topological polar surface area (TPSA) is 50.1 Å². The Bertz CT molecular complexity index is 585. The fourth-order valence-corrected chi connectivity index (χ4v) is 4.84. The largest absolute Gasteiger partial charge is 0.459 e. The summed E-state index contributed by atoms with van der Waals surface area (Å²) in [6.45, 7) is 10.2. The summed E-state index contributed by atoms with van der Waals surface area (Å²) in [5.41, 5.74) is -4.12. The molecule has 0 N–H and O–H groups in total. The van der Waals surface area contributed by atoms with E-state index in [-0.39, 0.29) is 24.2 Å². The maximum Gasteiger partial charge on any atom is 0.405 e. The van der Waals surface area contributed by atoms with Crippen LogP contribution in [0.1, 0.15) is 60.8 Å². The maximum atomic E-state index is 14.1. The molecule has 0 radical (unpaired) electrons. The van der Waals surface area contributed by atoms with E-state index in [2.05, 4.69) is 6.07 Å². The first kappa shape index (κ1) is 20.1. The second-order valence-corrected chi connectivity index (χ2v) is 9.50. The summed E-state index contributed by atoms with van der Waals surface area (Å²) in [5, 5.41) is 9.30. The van der Waals surface area contributed by atoms with Gasteiger partial charge >= 0.3 is 12.1 Å². The SMILES string of the molecule is CC1C2CC(C1CC(C)(C)C#N)C(C(=O)OC(C)(C)C)(C(F)(F)F)C2. The molecule has 0 heterocycles. The van der Waals surface area contributed by atoms with Crippen LogP contribution in [0.25, 0.3) is 0 Å². The molecule has 0 spiro atoms. The van der Waals surface area contributed by atoms with Gasteiger partial charge in [0, 0.05) is 0 Å². The average molecular weight is 359 g/mol. The third-order valence-electron chi connectivity index (χ3n) is 6.03. The minimum atomic E-state index is -4.65. The van der Waals surface area contributed by atoms with Crippen molar-refractivity contribution in [3.63, 3.8) is 0 Å². The smallest absolute Gasteiger partial charge is 0.405 e. The van der Waals surface area contributed by atoms with Gasteiger partial charge in [0.1, 0.15) is 5.60 Å². The predicted molar refractivity (Wildman–Crippen MR) is 87.2 cm³/mol. The molecule has 0 aromatic rings. The van der Waals surface area contributed by atoms with Gasteiger partial charge in [-0.3, -0.25) is 4.79 Å². The molecule has 0 aromatic heterocycles. The summed E-state index contributed by atoms with van der Waals surface area (Å²) >= 11 is 0. The molecule has 5 unspecified atom stereocenters. The highest BCUT2D eigenvalue weighted by Crippen LogP contribution is 2.68. The zero-order valence-corrected chi connectivity index (χ0v) is 15.8. The van der Waals surface area contributed by atoms with Crippen molar-refractivity contribution >= 4 is 5.97 Å². The van der Waals surface area contributed by atoms with Crippen molar-refractivity contribution in [3.05, 3.63) is 0 Å². The van der Waals surface area contributed by atoms with Crippen molar-refractivity contribution in [2.24, 2.45) is 34.5 Å². The van der Waals surface area contributed by atoms with E-state index in [4.69, 9.17) is 4.74 Å². The summed E-state index contributed by atoms with van der Waals surface area (Å²) < 4.78 is 47.7. The van der Waals surface area contributed by atoms with Crippen molar-refractivity contribution in [2.75, 3.05) is 0 Å². The molecule has 0 amide bonds. The molecule has 25 heavy (non-hydrogen) atoms. The predicted octanol–water partition coefficient (Wildman–Crippen LogP) is 5.11. The van der Waals surface area contributed by atoms with Gasteiger partial charge in [0.25, 0.3) is 0 Å². The zero-order chi connectivity index (χ0) is 19.4. The Kier molecular flexibility index (Phi) is 4.73. The van der Waals surface area contributed by atoms with E-state index >= 15 is 0 Å². The van der Waals surface area contributed by atoms with Crippen molar-refractivity contribution in [2.45, 2.75) is 72.6 Å². The van der Waals surface area contributed by atoms with Crippen LogP contribution in [-0.4, -0.2) is 17.7 Å². The Morgan fingerprint density at radius 1 is 1.24 bits per heavy atom. The quantitative estimate of drug-likeness (QED) is 0.658. The van der Waals surface area contributed by atoms with Crippen LogP contribution in [0.15, 0.2) is 0 Å². The number of nitriles is 1. The lowest BCUT2D eigenvalue weighted by Gasteiger charge is -2.45. The number of halogens is 3. The lowest BCUT2D eigenvalue weighted by Crippen LogP contribution is -2.54. The first-order valence-electron chi connectivity index (χ1n) is 8.86. The molecule has 0 aliphatic heterocycles. The molecule has 2 bridgehead atoms. The molecular weight excluding hydrogens is 331 g/mol. The van der Waals surface area contributed by atoms with Crippen LogP contribution in [-0.2, 0) is 9.53 Å². The number of hydrogen-bond donors (Lipinski definition) is 0. The van der Waals surface area contributed by atoms with Gasteiger partial charge in [-0.05, 0) is 77.6 Å². The Balaban J connectivity index is 2.43. The molecule has 5 atom stereocenters. The Morgan fingerprint density at radius 3 is 2.20 bits per heavy atom. The number of hydrogen-bond acceptors (Lipinski definition) is 3. The molecule has 6 heteroatoms. The van der Waals surface area contributed by atoms with E-state index in [1.54, 1.807) is 34.6 Å². The molecule has 2 rings (SSSR count). The highest BCUT2D eigenvalue weighted by Gasteiger charge is 2.74. The second kappa shape index (κ2) is 5.89. The number of ether oxygens (including phenoxy) is 1. The Morgan fingerprint density at radius 2 is 1.80 bits per heavy atom. The van der Waals surface area contributed by atoms with Gasteiger partial charge in [0.2, 0.25) is 0 Å². The minimum Gasteiger partial charge on any atom is -0.459 e. The van der Waals surface area contributed by atoms with Gasteiger partial charge in [-0.15, -0.1) is 0 Å². The van der Waals surface area contributed by atoms with Gasteiger partial charge in [0.15, 0.2) is 5.41 Å². The molecule has 2 fully saturated rings. The van der Waals surface area contributed by atoms with Crippen LogP contribution >= 0.6 is 0 Å². The summed E-state index contributed by atoms with van der Waals surface area (Å²) in [7, 11) is 0. The number of nitrogens with zero attached hydrogens (tertiary/aromatic N) is 1. The highest BCUT2D eigenvalue weighted by molar-refractivity contribution is 5.79. The average Bonchev–Trinajstić information content (AvgIpc) is 2.94. The van der Waals surface area contributed by atoms with Crippen LogP contribution < -0.4 is 0 Å². The number of rotatable bonds is 3. The molecule has 2 aliphatic carbocycles. The van der Waals surface area contributed by atoms with Crippen molar-refractivity contribution in [1.82, 2.24) is 0 Å². The number of carbonyl (C=O) groups excluding carboxylic acids is 1. The van der Waals surface area contributed by atoms with Crippen LogP contribution in [0.4, 0.5) is 13.2 Å². The number of alkyl halides is 3. The lowest BCUT2D eigenvalue weighted by atomic mass is 9.61. The summed E-state index contributed by atoms with van der Waals surface area (Å²) in [5.74, 6) is -2.33. The van der Waals surface area contributed by atoms with Crippen molar-refractivity contribution < 1.29 is 22.7 Å². The number of fused-ring (bicyclic) bond motifs is 2. The summed E-state index contributed by atoms with van der Waals surface area (Å²) in [6, 6.07) is 2.18. The third kappa shape index (κ3) is 3.39. The number of esters is 1. The van der Waals surface area contributed by atoms with Crippen LogP contribution in [0.3, 0.4) is 0 Å². The van der Waals surface area contributed by atoms with Gasteiger partial charge < -0.3 is 4.74 Å². The third-order valence-corrected chi connectivity index (χ3v) is 6.03. The molecule has 2 aliphatic rings. The van der Waals surface area contributed by atoms with Crippen molar-refractivity contribution in [1.29, 1.82) is 5.26 Å². The van der Waals surface area contributed by atoms with Gasteiger partial charge in [-0.2, -0.15) is 18.4 Å². The van der Waals surface area contributed by atoms with E-state index in [0.717, 1.165) is 0 Å². The summed E-state index contributed by atoms with van der Waals surface area (Å²) in [6.07, 6.45) is -4.09. The molecule has 0 saturated heterocycles. The first-order chi connectivity index (χ1) is 11.1. The van der Waals surface area contributed by atoms with Crippen LogP contribution in [0, 0.1) is 45.8 Å². The van der Waals surface area contributed by atoms with E-state index in [1.807, 2.05) is 6.92 Å². The normalized spacial score (nSPS) is 35.5. The van der Waals surface area contributed by atoms with Gasteiger partial charge in [-0.25, -0.2) is 0 Å². The van der Waals surface area contributed by atoms with E-state index < -0.39 is 34.5 Å². The fourth-order valence-electron chi connectivity index (χ4n) is 4.84. The second-order valence-electron chi connectivity index (χ2n) is 9.50. The van der Waals surface area contributed by atoms with Gasteiger partial charge in [-0.1, -0.05) is 6.92 Å². The van der Waals surface area contributed by atoms with E-state index in [9.17, 15) is 23.2 Å². The molecule has 2 saturated carbocycles. The van der Waals surface area contributed by atoms with Gasteiger partial charge in [0.05, 0.1) is 11.5 Å².